The molecule has 1 rings (SSSR count). The third kappa shape index (κ3) is 4.09. The second kappa shape index (κ2) is 5.60. The quantitative estimate of drug-likeness (QED) is 0.722. The van der Waals surface area contributed by atoms with Crippen LogP contribution in [-0.4, -0.2) is 31.0 Å². The molecule has 13 heavy (non-hydrogen) atoms. The summed E-state index contributed by atoms with van der Waals surface area (Å²) in [7, 11) is 1.66. The van der Waals surface area contributed by atoms with Crippen molar-refractivity contribution in [1.29, 1.82) is 0 Å². The minimum absolute atomic E-state index is 0.164. The summed E-state index contributed by atoms with van der Waals surface area (Å²) in [5.41, 5.74) is 0. The number of hydrogen-bond donors (Lipinski definition) is 1. The molecule has 3 nitrogen and oxygen atoms in total. The molecule has 0 bridgehead atoms. The molecular weight excluding hydrogens is 234 g/mol. The average molecular weight is 250 g/mol. The van der Waals surface area contributed by atoms with Gasteiger partial charge >= 0.3 is 0 Å². The summed E-state index contributed by atoms with van der Waals surface area (Å²) in [5.74, 6) is 0.484. The van der Waals surface area contributed by atoms with Crippen molar-refractivity contribution in [2.75, 3.05) is 19.0 Å². The van der Waals surface area contributed by atoms with Crippen molar-refractivity contribution in [1.82, 2.24) is 5.32 Å². The lowest BCUT2D eigenvalue weighted by molar-refractivity contribution is -0.123. The Morgan fingerprint density at radius 3 is 2.85 bits per heavy atom. The van der Waals surface area contributed by atoms with Gasteiger partial charge in [-0.2, -0.15) is 0 Å². The Bertz CT molecular complexity index is 165. The van der Waals surface area contributed by atoms with Crippen LogP contribution >= 0.6 is 15.9 Å². The minimum atomic E-state index is 0.164. The second-order valence-corrected chi connectivity index (χ2v) is 4.21. The molecule has 0 spiro atoms. The van der Waals surface area contributed by atoms with E-state index in [2.05, 4.69) is 21.2 Å². The van der Waals surface area contributed by atoms with Gasteiger partial charge in [-0.25, -0.2) is 0 Å². The number of halogens is 1. The molecule has 0 radical (unpaired) electrons. The summed E-state index contributed by atoms with van der Waals surface area (Å²) in [6, 6.07) is 0.164. The van der Waals surface area contributed by atoms with E-state index in [9.17, 15) is 4.79 Å². The van der Waals surface area contributed by atoms with Gasteiger partial charge in [0, 0.05) is 18.4 Å². The van der Waals surface area contributed by atoms with Crippen LogP contribution in [0.5, 0.6) is 0 Å². The molecule has 0 aliphatic heterocycles. The van der Waals surface area contributed by atoms with Crippen molar-refractivity contribution in [3.63, 3.8) is 0 Å². The number of nitrogens with one attached hydrogen (secondary N) is 1. The Kier molecular flexibility index (Phi) is 4.73. The Labute approximate surface area is 87.3 Å². The molecule has 4 heteroatoms. The van der Waals surface area contributed by atoms with Crippen molar-refractivity contribution < 1.29 is 9.53 Å². The molecule has 1 fully saturated rings. The van der Waals surface area contributed by atoms with Gasteiger partial charge in [0.1, 0.15) is 0 Å². The van der Waals surface area contributed by atoms with Gasteiger partial charge in [0.15, 0.2) is 0 Å². The number of hydrogen-bond acceptors (Lipinski definition) is 2. The van der Waals surface area contributed by atoms with Crippen LogP contribution in [-0.2, 0) is 9.53 Å². The van der Waals surface area contributed by atoms with Crippen molar-refractivity contribution in [2.45, 2.75) is 25.3 Å². The third-order valence-electron chi connectivity index (χ3n) is 2.12. The highest BCUT2D eigenvalue weighted by Crippen LogP contribution is 2.28. The monoisotopic (exact) mass is 249 g/mol. The SMILES string of the molecule is COCC(CCBr)NC(=O)C1CC1. The average Bonchev–Trinajstić information content (AvgIpc) is 2.87. The van der Waals surface area contributed by atoms with E-state index in [4.69, 9.17) is 4.74 Å². The lowest BCUT2D eigenvalue weighted by Crippen LogP contribution is -2.39. The fourth-order valence-electron chi connectivity index (χ4n) is 1.19. The standard InChI is InChI=1S/C9H16BrNO2/c1-13-6-8(4-5-10)11-9(12)7-2-3-7/h7-8H,2-6H2,1H3,(H,11,12). The lowest BCUT2D eigenvalue weighted by atomic mass is 10.2. The maximum atomic E-state index is 11.4. The maximum absolute atomic E-state index is 11.4. The number of carbonyl (C=O) groups is 1. The van der Waals surface area contributed by atoms with Crippen molar-refractivity contribution in [3.8, 4) is 0 Å². The molecule has 76 valence electrons. The zero-order valence-electron chi connectivity index (χ0n) is 7.88. The molecule has 1 amide bonds. The van der Waals surface area contributed by atoms with Crippen LogP contribution in [0.25, 0.3) is 0 Å². The predicted molar refractivity (Wildman–Crippen MR) is 54.9 cm³/mol. The van der Waals surface area contributed by atoms with Gasteiger partial charge in [0.25, 0.3) is 0 Å². The number of alkyl halides is 1. The number of carbonyl (C=O) groups excluding carboxylic acids is 1. The first kappa shape index (κ1) is 11.0. The molecule has 0 aromatic rings. The zero-order chi connectivity index (χ0) is 9.68. The molecule has 0 aromatic carbocycles. The van der Waals surface area contributed by atoms with Crippen LogP contribution in [0.4, 0.5) is 0 Å². The molecule has 1 unspecified atom stereocenters. The minimum Gasteiger partial charge on any atom is -0.383 e. The van der Waals surface area contributed by atoms with Crippen LogP contribution in [0.3, 0.4) is 0 Å². The maximum Gasteiger partial charge on any atom is 0.223 e. The van der Waals surface area contributed by atoms with Gasteiger partial charge in [0.2, 0.25) is 5.91 Å². The summed E-state index contributed by atoms with van der Waals surface area (Å²) in [5, 5.41) is 3.88. The van der Waals surface area contributed by atoms with Crippen LogP contribution in [0, 0.1) is 5.92 Å². The smallest absolute Gasteiger partial charge is 0.223 e. The lowest BCUT2D eigenvalue weighted by Gasteiger charge is -2.16. The molecule has 1 N–H and O–H groups in total. The van der Waals surface area contributed by atoms with E-state index < -0.39 is 0 Å². The van der Waals surface area contributed by atoms with Crippen molar-refractivity contribution in [3.05, 3.63) is 0 Å². The highest BCUT2D eigenvalue weighted by Gasteiger charge is 2.30. The highest BCUT2D eigenvalue weighted by molar-refractivity contribution is 9.09. The molecule has 1 aliphatic rings. The summed E-state index contributed by atoms with van der Waals surface area (Å²) in [6.45, 7) is 0.601. The van der Waals surface area contributed by atoms with Crippen molar-refractivity contribution in [2.24, 2.45) is 5.92 Å². The fourth-order valence-corrected chi connectivity index (χ4v) is 1.75. The first-order valence-corrected chi connectivity index (χ1v) is 5.75. The van der Waals surface area contributed by atoms with Crippen LogP contribution < -0.4 is 5.32 Å². The molecule has 1 aliphatic carbocycles. The van der Waals surface area contributed by atoms with Gasteiger partial charge in [-0.3, -0.25) is 4.79 Å². The third-order valence-corrected chi connectivity index (χ3v) is 2.58. The topological polar surface area (TPSA) is 38.3 Å². The Balaban J connectivity index is 2.22. The van der Waals surface area contributed by atoms with E-state index in [0.29, 0.717) is 6.61 Å². The zero-order valence-corrected chi connectivity index (χ0v) is 9.47. The van der Waals surface area contributed by atoms with Gasteiger partial charge < -0.3 is 10.1 Å². The van der Waals surface area contributed by atoms with Crippen molar-refractivity contribution >= 4 is 21.8 Å². The van der Waals surface area contributed by atoms with Crippen LogP contribution in [0.2, 0.25) is 0 Å². The molecule has 0 heterocycles. The van der Waals surface area contributed by atoms with Gasteiger partial charge in [0.05, 0.1) is 12.6 Å². The van der Waals surface area contributed by atoms with Crippen LogP contribution in [0.1, 0.15) is 19.3 Å². The molecular formula is C9H16BrNO2. The molecule has 1 saturated carbocycles. The normalized spacial score (nSPS) is 18.3. The van der Waals surface area contributed by atoms with E-state index in [1.807, 2.05) is 0 Å². The van der Waals surface area contributed by atoms with E-state index >= 15 is 0 Å². The second-order valence-electron chi connectivity index (χ2n) is 3.41. The number of rotatable bonds is 6. The first-order valence-electron chi connectivity index (χ1n) is 4.63. The first-order chi connectivity index (χ1) is 6.27. The van der Waals surface area contributed by atoms with E-state index in [1.165, 1.54) is 0 Å². The van der Waals surface area contributed by atoms with E-state index in [-0.39, 0.29) is 17.9 Å². The van der Waals surface area contributed by atoms with Gasteiger partial charge in [-0.1, -0.05) is 15.9 Å². The number of amides is 1. The summed E-state index contributed by atoms with van der Waals surface area (Å²) < 4.78 is 5.02. The van der Waals surface area contributed by atoms with Crippen LogP contribution in [0.15, 0.2) is 0 Å². The fraction of sp³-hybridized carbons (Fsp3) is 0.889. The van der Waals surface area contributed by atoms with Gasteiger partial charge in [-0.15, -0.1) is 0 Å². The Hall–Kier alpha value is -0.0900. The Morgan fingerprint density at radius 2 is 2.38 bits per heavy atom. The molecule has 1 atom stereocenters. The summed E-state index contributed by atoms with van der Waals surface area (Å²) in [6.07, 6.45) is 3.03. The van der Waals surface area contributed by atoms with E-state index in [0.717, 1.165) is 24.6 Å². The summed E-state index contributed by atoms with van der Waals surface area (Å²) >= 11 is 3.36. The Morgan fingerprint density at radius 1 is 1.69 bits per heavy atom. The largest absolute Gasteiger partial charge is 0.383 e. The predicted octanol–water partition coefficient (Wildman–Crippen LogP) is 1.31. The molecule has 0 aromatic heterocycles. The van der Waals surface area contributed by atoms with E-state index in [1.54, 1.807) is 7.11 Å². The van der Waals surface area contributed by atoms with Gasteiger partial charge in [-0.05, 0) is 19.3 Å². The summed E-state index contributed by atoms with van der Waals surface area (Å²) in [4.78, 5) is 11.4. The number of methoxy groups -OCH3 is 1. The highest BCUT2D eigenvalue weighted by atomic mass is 79.9. The number of ether oxygens (including phenoxy) is 1. The molecule has 0 saturated heterocycles.